The fourth-order valence-electron chi connectivity index (χ4n) is 5.97. The van der Waals surface area contributed by atoms with E-state index in [-0.39, 0.29) is 11.8 Å². The number of amides is 2. The van der Waals surface area contributed by atoms with E-state index in [0.29, 0.717) is 31.0 Å². The van der Waals surface area contributed by atoms with E-state index in [4.69, 9.17) is 0 Å². The number of benzene rings is 2. The van der Waals surface area contributed by atoms with Crippen LogP contribution < -0.4 is 10.6 Å². The number of rotatable bonds is 6. The maximum absolute atomic E-state index is 13.0. The molecule has 0 aromatic heterocycles. The van der Waals surface area contributed by atoms with E-state index in [1.54, 1.807) is 4.90 Å². The van der Waals surface area contributed by atoms with Gasteiger partial charge in [0, 0.05) is 29.9 Å². The summed E-state index contributed by atoms with van der Waals surface area (Å²) in [5.74, 6) is 0.450. The third-order valence-corrected chi connectivity index (χ3v) is 7.87. The highest BCUT2D eigenvalue weighted by molar-refractivity contribution is 6.01. The minimum atomic E-state index is -0.403. The molecule has 1 saturated heterocycles. The van der Waals surface area contributed by atoms with Crippen LogP contribution >= 0.6 is 0 Å². The number of hydrogen-bond acceptors (Lipinski definition) is 3. The van der Waals surface area contributed by atoms with Gasteiger partial charge in [0.15, 0.2) is 0 Å². The van der Waals surface area contributed by atoms with Gasteiger partial charge in [-0.1, -0.05) is 61.9 Å². The van der Waals surface area contributed by atoms with Crippen molar-refractivity contribution >= 4 is 11.8 Å². The molecule has 178 valence electrons. The topological polar surface area (TPSA) is 61.4 Å². The lowest BCUT2D eigenvalue weighted by Crippen LogP contribution is -2.49. The third kappa shape index (κ3) is 4.67. The Balaban J connectivity index is 1.27. The molecular weight excluding hydrogens is 422 g/mol. The summed E-state index contributed by atoms with van der Waals surface area (Å²) in [7, 11) is 0. The van der Waals surface area contributed by atoms with E-state index in [2.05, 4.69) is 66.6 Å². The first-order valence-electron chi connectivity index (χ1n) is 12.7. The zero-order chi connectivity index (χ0) is 23.7. The van der Waals surface area contributed by atoms with Crippen LogP contribution in [0.4, 0.5) is 0 Å². The number of piperidine rings is 1. The fraction of sp³-hybridized carbons (Fsp3) is 0.448. The molecule has 5 nitrogen and oxygen atoms in total. The Morgan fingerprint density at radius 1 is 1.09 bits per heavy atom. The number of nitrogens with zero attached hydrogens (tertiary/aromatic N) is 1. The predicted octanol–water partition coefficient (Wildman–Crippen LogP) is 4.89. The van der Waals surface area contributed by atoms with Gasteiger partial charge in [-0.25, -0.2) is 0 Å². The summed E-state index contributed by atoms with van der Waals surface area (Å²) in [6.45, 7) is 6.63. The summed E-state index contributed by atoms with van der Waals surface area (Å²) >= 11 is 0. The Morgan fingerprint density at radius 3 is 2.68 bits per heavy atom. The second-order valence-electron chi connectivity index (χ2n) is 10.2. The van der Waals surface area contributed by atoms with Crippen LogP contribution in [0.2, 0.25) is 0 Å². The van der Waals surface area contributed by atoms with Crippen LogP contribution in [0.1, 0.15) is 78.5 Å². The van der Waals surface area contributed by atoms with E-state index < -0.39 is 6.04 Å². The molecule has 2 aromatic carbocycles. The SMILES string of the molecule is C=C1CCC(N2Cc3cc(C[C@H]4CCCC[C@@H]4N[C@@H](C)c4ccccc4)ccc3C2=O)C(=O)N1. The fourth-order valence-corrected chi connectivity index (χ4v) is 5.97. The van der Waals surface area contributed by atoms with Crippen molar-refractivity contribution in [1.29, 1.82) is 0 Å². The van der Waals surface area contributed by atoms with Gasteiger partial charge in [0.1, 0.15) is 6.04 Å². The molecule has 0 bridgehead atoms. The van der Waals surface area contributed by atoms with Crippen LogP contribution in [-0.4, -0.2) is 28.8 Å². The number of carbonyl (C=O) groups is 2. The second-order valence-corrected chi connectivity index (χ2v) is 10.2. The molecule has 0 radical (unpaired) electrons. The molecule has 2 aliphatic heterocycles. The molecule has 5 heteroatoms. The van der Waals surface area contributed by atoms with Crippen molar-refractivity contribution in [3.8, 4) is 0 Å². The number of nitrogens with one attached hydrogen (secondary N) is 2. The maximum Gasteiger partial charge on any atom is 0.255 e. The molecule has 2 aromatic rings. The van der Waals surface area contributed by atoms with Crippen LogP contribution in [-0.2, 0) is 17.8 Å². The van der Waals surface area contributed by atoms with E-state index in [9.17, 15) is 9.59 Å². The quantitative estimate of drug-likeness (QED) is 0.650. The van der Waals surface area contributed by atoms with Gasteiger partial charge in [0.05, 0.1) is 0 Å². The van der Waals surface area contributed by atoms with Gasteiger partial charge in [0.25, 0.3) is 5.91 Å². The van der Waals surface area contributed by atoms with Crippen molar-refractivity contribution in [3.05, 3.63) is 83.1 Å². The van der Waals surface area contributed by atoms with E-state index in [1.807, 2.05) is 6.07 Å². The highest BCUT2D eigenvalue weighted by atomic mass is 16.2. The summed E-state index contributed by atoms with van der Waals surface area (Å²) < 4.78 is 0. The lowest BCUT2D eigenvalue weighted by Gasteiger charge is -2.35. The van der Waals surface area contributed by atoms with E-state index in [1.165, 1.54) is 36.8 Å². The molecule has 3 aliphatic rings. The molecule has 5 rings (SSSR count). The number of hydrogen-bond donors (Lipinski definition) is 2. The molecule has 1 saturated carbocycles. The van der Waals surface area contributed by atoms with Crippen LogP contribution in [0, 0.1) is 5.92 Å². The average molecular weight is 458 g/mol. The third-order valence-electron chi connectivity index (χ3n) is 7.87. The van der Waals surface area contributed by atoms with Crippen molar-refractivity contribution < 1.29 is 9.59 Å². The lowest BCUT2D eigenvalue weighted by molar-refractivity contribution is -0.126. The van der Waals surface area contributed by atoms with Crippen molar-refractivity contribution in [3.63, 3.8) is 0 Å². The standard InChI is InChI=1S/C29H35N3O2/c1-19-12-15-27(28(33)30-19)32-18-24-17-21(13-14-25(24)29(32)34)16-23-10-6-7-11-26(23)31-20(2)22-8-4-3-5-9-22/h3-5,8-9,13-14,17,20,23,26-27,31H,1,6-7,10-12,15-16,18H2,2H3,(H,30,33)/t20-,23+,26-,27?/m0/s1. The minimum absolute atomic E-state index is 0.0249. The van der Waals surface area contributed by atoms with Crippen LogP contribution in [0.25, 0.3) is 0 Å². The zero-order valence-corrected chi connectivity index (χ0v) is 20.1. The van der Waals surface area contributed by atoms with Crippen molar-refractivity contribution in [2.75, 3.05) is 0 Å². The zero-order valence-electron chi connectivity index (χ0n) is 20.1. The minimum Gasteiger partial charge on any atom is -0.329 e. The number of fused-ring (bicyclic) bond motifs is 1. The molecule has 1 unspecified atom stereocenters. The highest BCUT2D eigenvalue weighted by Crippen LogP contribution is 2.33. The van der Waals surface area contributed by atoms with Gasteiger partial charge < -0.3 is 15.5 Å². The Hall–Kier alpha value is -2.92. The molecule has 34 heavy (non-hydrogen) atoms. The first-order valence-corrected chi connectivity index (χ1v) is 12.7. The molecule has 2 N–H and O–H groups in total. The molecular formula is C29H35N3O2. The Labute approximate surface area is 202 Å². The predicted molar refractivity (Wildman–Crippen MR) is 134 cm³/mol. The van der Waals surface area contributed by atoms with Gasteiger partial charge >= 0.3 is 0 Å². The molecule has 1 aliphatic carbocycles. The smallest absolute Gasteiger partial charge is 0.255 e. The highest BCUT2D eigenvalue weighted by Gasteiger charge is 2.38. The molecule has 0 spiro atoms. The monoisotopic (exact) mass is 457 g/mol. The summed E-state index contributed by atoms with van der Waals surface area (Å²) in [5.41, 5.74) is 5.17. The normalized spacial score (nSPS) is 25.7. The number of allylic oxidation sites excluding steroid dienone is 1. The van der Waals surface area contributed by atoms with Gasteiger partial charge in [-0.3, -0.25) is 9.59 Å². The Kier molecular flexibility index (Phi) is 6.55. The van der Waals surface area contributed by atoms with Gasteiger partial charge in [0.2, 0.25) is 5.91 Å². The van der Waals surface area contributed by atoms with Gasteiger partial charge in [-0.15, -0.1) is 0 Å². The molecule has 4 atom stereocenters. The summed E-state index contributed by atoms with van der Waals surface area (Å²) in [5, 5.41) is 6.73. The van der Waals surface area contributed by atoms with Crippen LogP contribution in [0.5, 0.6) is 0 Å². The van der Waals surface area contributed by atoms with E-state index in [0.717, 1.165) is 29.7 Å². The van der Waals surface area contributed by atoms with Crippen molar-refractivity contribution in [2.45, 2.75) is 76.5 Å². The largest absolute Gasteiger partial charge is 0.329 e. The summed E-state index contributed by atoms with van der Waals surface area (Å²) in [6.07, 6.45) is 7.38. The number of carbonyl (C=O) groups excluding carboxylic acids is 2. The van der Waals surface area contributed by atoms with Crippen LogP contribution in [0.3, 0.4) is 0 Å². The molecule has 2 heterocycles. The summed E-state index contributed by atoms with van der Waals surface area (Å²) in [6, 6.07) is 17.4. The van der Waals surface area contributed by atoms with Gasteiger partial charge in [-0.2, -0.15) is 0 Å². The lowest BCUT2D eigenvalue weighted by atomic mass is 9.80. The first kappa shape index (κ1) is 22.9. The summed E-state index contributed by atoms with van der Waals surface area (Å²) in [4.78, 5) is 27.3. The second kappa shape index (κ2) is 9.75. The van der Waals surface area contributed by atoms with Crippen LogP contribution in [0.15, 0.2) is 60.8 Å². The first-order chi connectivity index (χ1) is 16.5. The molecule has 2 fully saturated rings. The Morgan fingerprint density at radius 2 is 1.88 bits per heavy atom. The van der Waals surface area contributed by atoms with Crippen molar-refractivity contribution in [2.24, 2.45) is 5.92 Å². The average Bonchev–Trinajstić information content (AvgIpc) is 3.16. The molecule has 2 amide bonds. The van der Waals surface area contributed by atoms with E-state index >= 15 is 0 Å². The van der Waals surface area contributed by atoms with Gasteiger partial charge in [-0.05, 0) is 67.7 Å². The maximum atomic E-state index is 13.0. The van der Waals surface area contributed by atoms with Crippen molar-refractivity contribution in [1.82, 2.24) is 15.5 Å². The Bertz CT molecular complexity index is 1080.